The van der Waals surface area contributed by atoms with Gasteiger partial charge in [0, 0.05) is 34.9 Å². The minimum Gasteiger partial charge on any atom is -0.354 e. The van der Waals surface area contributed by atoms with Gasteiger partial charge in [0.25, 0.3) is 11.8 Å². The fourth-order valence-electron chi connectivity index (χ4n) is 3.70. The number of aromatic amines is 1. The number of allylic oxidation sites excluding steroid dienone is 1. The molecule has 0 radical (unpaired) electrons. The molecule has 0 aliphatic carbocycles. The van der Waals surface area contributed by atoms with E-state index in [-0.39, 0.29) is 11.8 Å². The van der Waals surface area contributed by atoms with Crippen LogP contribution in [0.25, 0.3) is 22.2 Å². The van der Waals surface area contributed by atoms with Crippen LogP contribution in [0.1, 0.15) is 22.8 Å². The lowest BCUT2D eigenvalue weighted by atomic mass is 10.0. The number of aromatic nitrogens is 1. The fraction of sp³-hybridized carbons (Fsp3) is 0.0952. The van der Waals surface area contributed by atoms with Crippen LogP contribution in [0.5, 0.6) is 0 Å². The number of hydrazine groups is 1. The summed E-state index contributed by atoms with van der Waals surface area (Å²) in [7, 11) is 1.84. The average Bonchev–Trinajstić information content (AvgIpc) is 3.21. The Morgan fingerprint density at radius 2 is 2.00 bits per heavy atom. The number of hydrazone groups is 1. The van der Waals surface area contributed by atoms with Gasteiger partial charge in [-0.25, -0.2) is 5.43 Å². The summed E-state index contributed by atoms with van der Waals surface area (Å²) in [6.07, 6.45) is 1.65. The molecule has 0 saturated carbocycles. The number of rotatable bonds is 3. The van der Waals surface area contributed by atoms with E-state index in [0.717, 1.165) is 33.4 Å². The predicted molar refractivity (Wildman–Crippen MR) is 119 cm³/mol. The van der Waals surface area contributed by atoms with Crippen molar-refractivity contribution in [2.45, 2.75) is 6.92 Å². The van der Waals surface area contributed by atoms with Gasteiger partial charge in [0.05, 0.1) is 17.5 Å². The largest absolute Gasteiger partial charge is 0.354 e. The van der Waals surface area contributed by atoms with Crippen LogP contribution >= 0.6 is 11.9 Å². The van der Waals surface area contributed by atoms with Crippen molar-refractivity contribution in [3.63, 3.8) is 0 Å². The number of nitrogens with zero attached hydrogens (tertiary/aromatic N) is 2. The number of hydrogen-bond acceptors (Lipinski definition) is 6. The van der Waals surface area contributed by atoms with Crippen LogP contribution in [0.2, 0.25) is 0 Å². The van der Waals surface area contributed by atoms with Crippen molar-refractivity contribution in [2.24, 2.45) is 5.10 Å². The molecule has 5 rings (SSSR count). The van der Waals surface area contributed by atoms with E-state index in [9.17, 15) is 9.59 Å². The lowest BCUT2D eigenvalue weighted by Gasteiger charge is -2.09. The monoisotopic (exact) mass is 418 g/mol. The number of hydrogen-bond donors (Lipinski definition) is 4. The summed E-state index contributed by atoms with van der Waals surface area (Å²) in [4.78, 5) is 29.4. The number of benzene rings is 2. The summed E-state index contributed by atoms with van der Waals surface area (Å²) in [5.74, 6) is -0.557. The smallest absolute Gasteiger partial charge is 0.272 e. The molecule has 1 aromatic heterocycles. The molecule has 8 nitrogen and oxygen atoms in total. The zero-order valence-electron chi connectivity index (χ0n) is 16.2. The van der Waals surface area contributed by atoms with E-state index in [4.69, 9.17) is 0 Å². The molecule has 3 aromatic rings. The first-order valence-corrected chi connectivity index (χ1v) is 10.1. The van der Waals surface area contributed by atoms with E-state index >= 15 is 0 Å². The van der Waals surface area contributed by atoms with Crippen molar-refractivity contribution in [1.29, 1.82) is 0 Å². The van der Waals surface area contributed by atoms with Crippen LogP contribution in [-0.2, 0) is 4.79 Å². The van der Waals surface area contributed by atoms with Crippen molar-refractivity contribution in [3.8, 4) is 11.3 Å². The molecule has 2 amide bonds. The van der Waals surface area contributed by atoms with E-state index in [1.165, 1.54) is 11.9 Å². The molecule has 0 saturated heterocycles. The van der Waals surface area contributed by atoms with Crippen molar-refractivity contribution in [1.82, 2.24) is 20.2 Å². The van der Waals surface area contributed by atoms with Gasteiger partial charge >= 0.3 is 0 Å². The summed E-state index contributed by atoms with van der Waals surface area (Å²) < 4.78 is 1.76. The van der Waals surface area contributed by atoms with Crippen LogP contribution in [0.3, 0.4) is 0 Å². The third-order valence-corrected chi connectivity index (χ3v) is 6.00. The SMILES string of the molecule is CC1=C(C(=O)Nc2cc3c4c(c(-c5ccccc5)[nH]c4c2)C=NNC3=O)SN(C)N1. The standard InChI is InChI=1S/C21H18N6O2S/c1-11-19(30-27(2)26-11)21(29)23-13-8-14-17-15(10-22-25-20(14)28)18(24-16(17)9-13)12-6-4-3-5-7-12/h3-10,24,26H,1-2H3,(H,23,29)(H,25,28). The molecule has 0 bridgehead atoms. The Morgan fingerprint density at radius 1 is 1.20 bits per heavy atom. The lowest BCUT2D eigenvalue weighted by molar-refractivity contribution is -0.112. The van der Waals surface area contributed by atoms with E-state index in [2.05, 4.69) is 26.3 Å². The van der Waals surface area contributed by atoms with Crippen molar-refractivity contribution < 1.29 is 9.59 Å². The quantitative estimate of drug-likeness (QED) is 0.490. The van der Waals surface area contributed by atoms with E-state index in [1.54, 1.807) is 16.7 Å². The van der Waals surface area contributed by atoms with Crippen LogP contribution in [0.4, 0.5) is 5.69 Å². The van der Waals surface area contributed by atoms with E-state index in [0.29, 0.717) is 16.2 Å². The highest BCUT2D eigenvalue weighted by molar-refractivity contribution is 8.02. The van der Waals surface area contributed by atoms with Crippen LogP contribution in [0.15, 0.2) is 58.2 Å². The normalized spacial score (nSPS) is 15.9. The summed E-state index contributed by atoms with van der Waals surface area (Å²) >= 11 is 1.32. The van der Waals surface area contributed by atoms with Gasteiger partial charge in [-0.2, -0.15) is 9.52 Å². The number of anilines is 1. The second-order valence-corrected chi connectivity index (χ2v) is 8.17. The summed E-state index contributed by atoms with van der Waals surface area (Å²) in [5, 5.41) is 7.75. The minimum absolute atomic E-state index is 0.235. The Hall–Kier alpha value is -3.56. The highest BCUT2D eigenvalue weighted by Crippen LogP contribution is 2.35. The summed E-state index contributed by atoms with van der Waals surface area (Å²) in [5.41, 5.74) is 10.8. The maximum Gasteiger partial charge on any atom is 0.272 e. The van der Waals surface area contributed by atoms with E-state index in [1.807, 2.05) is 50.4 Å². The van der Waals surface area contributed by atoms with Crippen molar-refractivity contribution in [3.05, 3.63) is 64.2 Å². The van der Waals surface area contributed by atoms with E-state index < -0.39 is 0 Å². The topological polar surface area (TPSA) is 102 Å². The molecular formula is C21H18N6O2S. The van der Waals surface area contributed by atoms with Crippen LogP contribution in [-0.4, -0.2) is 34.5 Å². The van der Waals surface area contributed by atoms with Crippen molar-refractivity contribution in [2.75, 3.05) is 12.4 Å². The summed E-state index contributed by atoms with van der Waals surface area (Å²) in [6, 6.07) is 13.4. The first-order chi connectivity index (χ1) is 14.5. The fourth-order valence-corrected chi connectivity index (χ4v) is 4.47. The first-order valence-electron chi connectivity index (χ1n) is 9.30. The molecule has 0 fully saturated rings. The van der Waals surface area contributed by atoms with Gasteiger partial charge in [-0.05, 0) is 36.6 Å². The minimum atomic E-state index is -0.322. The molecular weight excluding hydrogens is 400 g/mol. The second-order valence-electron chi connectivity index (χ2n) is 7.03. The van der Waals surface area contributed by atoms with Gasteiger partial charge in [-0.1, -0.05) is 30.3 Å². The molecule has 0 atom stereocenters. The Kier molecular flexibility index (Phi) is 4.34. The van der Waals surface area contributed by atoms with Gasteiger partial charge in [-0.15, -0.1) is 0 Å². The number of amides is 2. The number of carbonyl (C=O) groups is 2. The zero-order valence-corrected chi connectivity index (χ0v) is 17.1. The highest BCUT2D eigenvalue weighted by Gasteiger charge is 2.25. The third kappa shape index (κ3) is 3.04. The maximum absolute atomic E-state index is 12.8. The molecule has 150 valence electrons. The number of carbonyl (C=O) groups excluding carboxylic acids is 2. The third-order valence-electron chi connectivity index (χ3n) is 4.96. The second kappa shape index (κ2) is 7.05. The number of H-pyrrole nitrogens is 1. The molecule has 0 spiro atoms. The van der Waals surface area contributed by atoms with Crippen molar-refractivity contribution >= 4 is 46.6 Å². The summed E-state index contributed by atoms with van der Waals surface area (Å²) in [6.45, 7) is 1.84. The molecule has 30 heavy (non-hydrogen) atoms. The molecule has 2 aliphatic rings. The first kappa shape index (κ1) is 18.5. The lowest BCUT2D eigenvalue weighted by Crippen LogP contribution is -2.20. The number of nitrogens with one attached hydrogen (secondary N) is 4. The molecule has 0 unspecified atom stereocenters. The van der Waals surface area contributed by atoms with Gasteiger partial charge in [-0.3, -0.25) is 9.59 Å². The van der Waals surface area contributed by atoms with Gasteiger partial charge in [0.1, 0.15) is 4.91 Å². The Balaban J connectivity index is 1.61. The molecule has 2 aromatic carbocycles. The van der Waals surface area contributed by atoms with Crippen LogP contribution < -0.4 is 16.2 Å². The Bertz CT molecular complexity index is 1260. The molecule has 4 N–H and O–H groups in total. The average molecular weight is 418 g/mol. The molecule has 3 heterocycles. The van der Waals surface area contributed by atoms with Gasteiger partial charge in [0.15, 0.2) is 0 Å². The Labute approximate surface area is 176 Å². The maximum atomic E-state index is 12.8. The van der Waals surface area contributed by atoms with Gasteiger partial charge < -0.3 is 15.7 Å². The van der Waals surface area contributed by atoms with Crippen LogP contribution in [0, 0.1) is 0 Å². The molecule has 9 heteroatoms. The molecule has 2 aliphatic heterocycles. The Morgan fingerprint density at radius 3 is 2.73 bits per heavy atom. The zero-order chi connectivity index (χ0) is 20.8. The predicted octanol–water partition coefficient (Wildman–Crippen LogP) is 3.18. The van der Waals surface area contributed by atoms with Gasteiger partial charge in [0.2, 0.25) is 0 Å². The highest BCUT2D eigenvalue weighted by atomic mass is 32.2.